The van der Waals surface area contributed by atoms with E-state index in [2.05, 4.69) is 10.3 Å². The van der Waals surface area contributed by atoms with Crippen LogP contribution in [0, 0.1) is 11.6 Å². The van der Waals surface area contributed by atoms with Crippen LogP contribution in [-0.4, -0.2) is 16.1 Å². The van der Waals surface area contributed by atoms with Crippen LogP contribution in [0.25, 0.3) is 10.9 Å². The Labute approximate surface area is 151 Å². The van der Waals surface area contributed by atoms with Gasteiger partial charge < -0.3 is 9.88 Å². The largest absolute Gasteiger partial charge is 0.433 e. The Hall–Kier alpha value is -2.48. The highest BCUT2D eigenvalue weighted by Crippen LogP contribution is 2.32. The van der Waals surface area contributed by atoms with Gasteiger partial charge in [-0.25, -0.2) is 8.78 Å². The van der Waals surface area contributed by atoms with Gasteiger partial charge in [0, 0.05) is 49.4 Å². The van der Waals surface area contributed by atoms with Gasteiger partial charge in [-0.2, -0.15) is 13.2 Å². The highest BCUT2D eigenvalue weighted by Gasteiger charge is 2.32. The van der Waals surface area contributed by atoms with E-state index in [1.54, 1.807) is 0 Å². The third kappa shape index (κ3) is 3.29. The monoisotopic (exact) mass is 381 g/mol. The fourth-order valence-corrected chi connectivity index (χ4v) is 3.66. The second-order valence-corrected chi connectivity index (χ2v) is 6.58. The van der Waals surface area contributed by atoms with Crippen molar-refractivity contribution in [1.82, 2.24) is 14.9 Å². The van der Waals surface area contributed by atoms with Crippen molar-refractivity contribution in [2.45, 2.75) is 32.1 Å². The molecule has 0 spiro atoms. The lowest BCUT2D eigenvalue weighted by atomic mass is 10.1. The molecule has 1 N–H and O–H groups in total. The molecule has 0 saturated carbocycles. The van der Waals surface area contributed by atoms with Crippen LogP contribution >= 0.6 is 0 Å². The standard InChI is InChI=1S/C19H16F5N3/c20-12-7-14(21)18-13-10-25-5-3-15(13)27(16(18)8-12)6-4-11-1-2-17(26-9-11)19(22,23)24/h1-2,7-9,25H,3-6,10H2. The Bertz CT molecular complexity index is 989. The lowest BCUT2D eigenvalue weighted by Gasteiger charge is -2.17. The van der Waals surface area contributed by atoms with E-state index in [1.807, 2.05) is 4.57 Å². The molecule has 0 amide bonds. The number of hydrogen-bond acceptors (Lipinski definition) is 2. The third-order valence-corrected chi connectivity index (χ3v) is 4.88. The molecule has 0 unspecified atom stereocenters. The molecule has 0 saturated heterocycles. The minimum atomic E-state index is -4.48. The van der Waals surface area contributed by atoms with Crippen LogP contribution < -0.4 is 5.32 Å². The predicted molar refractivity (Wildman–Crippen MR) is 90.2 cm³/mol. The van der Waals surface area contributed by atoms with Gasteiger partial charge in [-0.3, -0.25) is 4.98 Å². The highest BCUT2D eigenvalue weighted by atomic mass is 19.4. The number of benzene rings is 1. The minimum absolute atomic E-state index is 0.405. The first kappa shape index (κ1) is 17.9. The number of nitrogens with one attached hydrogen (secondary N) is 1. The third-order valence-electron chi connectivity index (χ3n) is 4.88. The van der Waals surface area contributed by atoms with Crippen molar-refractivity contribution >= 4 is 10.9 Å². The van der Waals surface area contributed by atoms with Gasteiger partial charge in [0.1, 0.15) is 17.3 Å². The molecule has 1 aliphatic rings. The molecule has 8 heteroatoms. The summed E-state index contributed by atoms with van der Waals surface area (Å²) in [6.07, 6.45) is -2.19. The van der Waals surface area contributed by atoms with Gasteiger partial charge >= 0.3 is 6.18 Å². The fraction of sp³-hybridized carbons (Fsp3) is 0.316. The Balaban J connectivity index is 1.68. The van der Waals surface area contributed by atoms with Crippen molar-refractivity contribution in [3.05, 3.63) is 64.6 Å². The van der Waals surface area contributed by atoms with Crippen molar-refractivity contribution in [3.63, 3.8) is 0 Å². The summed E-state index contributed by atoms with van der Waals surface area (Å²) in [4.78, 5) is 3.46. The molecule has 4 rings (SSSR count). The van der Waals surface area contributed by atoms with E-state index >= 15 is 0 Å². The average Bonchev–Trinajstić information content (AvgIpc) is 2.93. The Morgan fingerprint density at radius 3 is 2.67 bits per heavy atom. The van der Waals surface area contributed by atoms with Gasteiger partial charge in [0.05, 0.1) is 5.52 Å². The summed E-state index contributed by atoms with van der Waals surface area (Å²) in [5, 5.41) is 3.60. The molecule has 2 aromatic heterocycles. The van der Waals surface area contributed by atoms with E-state index in [0.717, 1.165) is 29.9 Å². The van der Waals surface area contributed by atoms with Crippen LogP contribution in [0.2, 0.25) is 0 Å². The lowest BCUT2D eigenvalue weighted by Crippen LogP contribution is -2.25. The molecule has 1 aromatic carbocycles. The SMILES string of the molecule is Fc1cc(F)c2c3c(n(CCc4ccc(C(F)(F)F)nc4)c2c1)CCNC3. The first-order chi connectivity index (χ1) is 12.8. The average molecular weight is 381 g/mol. The fourth-order valence-electron chi connectivity index (χ4n) is 3.66. The zero-order valence-corrected chi connectivity index (χ0v) is 14.2. The minimum Gasteiger partial charge on any atom is -0.344 e. The lowest BCUT2D eigenvalue weighted by molar-refractivity contribution is -0.141. The number of rotatable bonds is 3. The molecule has 0 bridgehead atoms. The molecule has 27 heavy (non-hydrogen) atoms. The molecule has 3 heterocycles. The number of aryl methyl sites for hydroxylation is 2. The topological polar surface area (TPSA) is 29.9 Å². The van der Waals surface area contributed by atoms with Crippen LogP contribution in [-0.2, 0) is 32.1 Å². The molecule has 3 aromatic rings. The maximum atomic E-state index is 14.4. The summed E-state index contributed by atoms with van der Waals surface area (Å²) >= 11 is 0. The first-order valence-electron chi connectivity index (χ1n) is 8.56. The molecular formula is C19H16F5N3. The molecule has 1 aliphatic heterocycles. The molecule has 142 valence electrons. The second kappa shape index (κ2) is 6.60. The van der Waals surface area contributed by atoms with Crippen molar-refractivity contribution < 1.29 is 22.0 Å². The van der Waals surface area contributed by atoms with Gasteiger partial charge in [0.25, 0.3) is 0 Å². The van der Waals surface area contributed by atoms with Crippen molar-refractivity contribution in [2.24, 2.45) is 0 Å². The van der Waals surface area contributed by atoms with E-state index in [0.29, 0.717) is 42.4 Å². The number of halogens is 5. The van der Waals surface area contributed by atoms with Crippen LogP contribution in [0.15, 0.2) is 30.5 Å². The molecule has 0 aliphatic carbocycles. The second-order valence-electron chi connectivity index (χ2n) is 6.58. The summed E-state index contributed by atoms with van der Waals surface area (Å²) in [7, 11) is 0. The van der Waals surface area contributed by atoms with Crippen molar-refractivity contribution in [3.8, 4) is 0 Å². The zero-order valence-electron chi connectivity index (χ0n) is 14.2. The van der Waals surface area contributed by atoms with E-state index < -0.39 is 23.5 Å². The number of pyridine rings is 1. The molecule has 0 radical (unpaired) electrons. The molecule has 3 nitrogen and oxygen atoms in total. The number of hydrogen-bond donors (Lipinski definition) is 1. The van der Waals surface area contributed by atoms with Gasteiger partial charge in [-0.05, 0) is 29.7 Å². The molecule has 0 fully saturated rings. The zero-order chi connectivity index (χ0) is 19.2. The quantitative estimate of drug-likeness (QED) is 0.689. The Morgan fingerprint density at radius 2 is 1.96 bits per heavy atom. The summed E-state index contributed by atoms with van der Waals surface area (Å²) in [5.74, 6) is -1.25. The normalized spacial score (nSPS) is 14.6. The first-order valence-corrected chi connectivity index (χ1v) is 8.56. The van der Waals surface area contributed by atoms with Crippen molar-refractivity contribution in [1.29, 1.82) is 0 Å². The molecule has 0 atom stereocenters. The Morgan fingerprint density at radius 1 is 1.15 bits per heavy atom. The van der Waals surface area contributed by atoms with Crippen molar-refractivity contribution in [2.75, 3.05) is 6.54 Å². The van der Waals surface area contributed by atoms with Crippen LogP contribution in [0.1, 0.15) is 22.5 Å². The van der Waals surface area contributed by atoms with Crippen LogP contribution in [0.4, 0.5) is 22.0 Å². The van der Waals surface area contributed by atoms with E-state index in [1.165, 1.54) is 18.3 Å². The van der Waals surface area contributed by atoms with E-state index in [4.69, 9.17) is 0 Å². The molecular weight excluding hydrogens is 365 g/mol. The maximum absolute atomic E-state index is 14.4. The number of nitrogens with zero attached hydrogens (tertiary/aromatic N) is 2. The van der Waals surface area contributed by atoms with E-state index in [-0.39, 0.29) is 0 Å². The highest BCUT2D eigenvalue weighted by molar-refractivity contribution is 5.86. The predicted octanol–water partition coefficient (Wildman–Crippen LogP) is 4.22. The summed E-state index contributed by atoms with van der Waals surface area (Å²) < 4.78 is 67.9. The number of alkyl halides is 3. The summed E-state index contributed by atoms with van der Waals surface area (Å²) in [6.45, 7) is 1.64. The summed E-state index contributed by atoms with van der Waals surface area (Å²) in [5.41, 5.74) is 1.92. The Kier molecular flexibility index (Phi) is 4.38. The summed E-state index contributed by atoms with van der Waals surface area (Å²) in [6, 6.07) is 4.52. The maximum Gasteiger partial charge on any atom is 0.433 e. The van der Waals surface area contributed by atoms with Crippen LogP contribution in [0.5, 0.6) is 0 Å². The smallest absolute Gasteiger partial charge is 0.344 e. The number of aromatic nitrogens is 2. The van der Waals surface area contributed by atoms with Gasteiger partial charge in [-0.15, -0.1) is 0 Å². The van der Waals surface area contributed by atoms with Gasteiger partial charge in [0.2, 0.25) is 0 Å². The van der Waals surface area contributed by atoms with Gasteiger partial charge in [-0.1, -0.05) is 6.07 Å². The van der Waals surface area contributed by atoms with Crippen LogP contribution in [0.3, 0.4) is 0 Å². The van der Waals surface area contributed by atoms with Gasteiger partial charge in [0.15, 0.2) is 0 Å². The van der Waals surface area contributed by atoms with E-state index in [9.17, 15) is 22.0 Å². The number of fused-ring (bicyclic) bond motifs is 3.